The molecule has 2 aromatic carbocycles. The molecule has 0 saturated heterocycles. The lowest BCUT2D eigenvalue weighted by atomic mass is 9.76. The van der Waals surface area contributed by atoms with Crippen molar-refractivity contribution in [2.75, 3.05) is 0 Å². The van der Waals surface area contributed by atoms with Gasteiger partial charge in [0.05, 0.1) is 0 Å². The number of carboxylic acids is 1. The van der Waals surface area contributed by atoms with Crippen LogP contribution in [-0.4, -0.2) is 46.1 Å². The monoisotopic (exact) mass is 428 g/mol. The van der Waals surface area contributed by atoms with Crippen LogP contribution in [0.4, 0.5) is 0 Å². The SMILES string of the molecule is CC(C)C[C@H](N)B(O)O.Cc1ccc(C(=O)N[C@@H](Cc2ccccc2)C(=O)O)cc1C. The quantitative estimate of drug-likeness (QED) is 0.409. The molecule has 0 aliphatic carbocycles. The minimum absolute atomic E-state index is 0.257. The van der Waals surface area contributed by atoms with Gasteiger partial charge in [-0.15, -0.1) is 0 Å². The highest BCUT2D eigenvalue weighted by atomic mass is 16.4. The van der Waals surface area contributed by atoms with Crippen LogP contribution in [0.3, 0.4) is 0 Å². The summed E-state index contributed by atoms with van der Waals surface area (Å²) in [6.07, 6.45) is 0.907. The summed E-state index contributed by atoms with van der Waals surface area (Å²) >= 11 is 0. The lowest BCUT2D eigenvalue weighted by Crippen LogP contribution is -2.42. The van der Waals surface area contributed by atoms with Gasteiger partial charge in [0, 0.05) is 17.9 Å². The number of aliphatic carboxylic acids is 1. The molecule has 0 fully saturated rings. The number of carbonyl (C=O) groups is 2. The van der Waals surface area contributed by atoms with Crippen LogP contribution in [0.2, 0.25) is 0 Å². The Balaban J connectivity index is 0.000000452. The smallest absolute Gasteiger partial charge is 0.469 e. The van der Waals surface area contributed by atoms with Crippen LogP contribution < -0.4 is 11.1 Å². The second-order valence-corrected chi connectivity index (χ2v) is 8.06. The van der Waals surface area contributed by atoms with E-state index in [2.05, 4.69) is 5.32 Å². The van der Waals surface area contributed by atoms with Crippen molar-refractivity contribution in [1.29, 1.82) is 0 Å². The van der Waals surface area contributed by atoms with Crippen molar-refractivity contribution < 1.29 is 24.7 Å². The summed E-state index contributed by atoms with van der Waals surface area (Å²) in [5.74, 6) is -1.49. The summed E-state index contributed by atoms with van der Waals surface area (Å²) in [4.78, 5) is 23.6. The highest BCUT2D eigenvalue weighted by Gasteiger charge is 2.21. The van der Waals surface area contributed by atoms with Crippen LogP contribution >= 0.6 is 0 Å². The molecular weight excluding hydrogens is 395 g/mol. The van der Waals surface area contributed by atoms with E-state index in [4.69, 9.17) is 15.8 Å². The Hall–Kier alpha value is -2.68. The lowest BCUT2D eigenvalue weighted by Gasteiger charge is -2.15. The maximum atomic E-state index is 12.2. The van der Waals surface area contributed by atoms with Crippen LogP contribution in [0.25, 0.3) is 0 Å². The normalized spacial score (nSPS) is 12.4. The van der Waals surface area contributed by atoms with Crippen LogP contribution in [0.1, 0.15) is 47.3 Å². The first-order chi connectivity index (χ1) is 14.5. The van der Waals surface area contributed by atoms with Crippen molar-refractivity contribution in [3.05, 3.63) is 70.8 Å². The van der Waals surface area contributed by atoms with E-state index >= 15 is 0 Å². The number of carbonyl (C=O) groups excluding carboxylic acids is 1. The van der Waals surface area contributed by atoms with Crippen molar-refractivity contribution in [3.63, 3.8) is 0 Å². The first-order valence-electron chi connectivity index (χ1n) is 10.3. The number of hydrogen-bond donors (Lipinski definition) is 5. The van der Waals surface area contributed by atoms with Gasteiger partial charge in [-0.2, -0.15) is 0 Å². The molecular formula is C23H33BN2O5. The van der Waals surface area contributed by atoms with Gasteiger partial charge >= 0.3 is 13.1 Å². The van der Waals surface area contributed by atoms with Crippen LogP contribution in [0.5, 0.6) is 0 Å². The third kappa shape index (κ3) is 9.78. The summed E-state index contributed by atoms with van der Waals surface area (Å²) < 4.78 is 0. The molecule has 2 aromatic rings. The Morgan fingerprint density at radius 2 is 1.65 bits per heavy atom. The number of hydrogen-bond acceptors (Lipinski definition) is 5. The number of aryl methyl sites for hydroxylation is 2. The molecule has 0 bridgehead atoms. The van der Waals surface area contributed by atoms with Crippen molar-refractivity contribution >= 4 is 19.0 Å². The van der Waals surface area contributed by atoms with E-state index in [9.17, 15) is 14.7 Å². The van der Waals surface area contributed by atoms with E-state index in [0.29, 0.717) is 17.9 Å². The predicted molar refractivity (Wildman–Crippen MR) is 123 cm³/mol. The van der Waals surface area contributed by atoms with Gasteiger partial charge in [-0.05, 0) is 55.0 Å². The average Bonchev–Trinajstić information content (AvgIpc) is 2.70. The fraction of sp³-hybridized carbons (Fsp3) is 0.391. The zero-order valence-electron chi connectivity index (χ0n) is 18.6. The Bertz CT molecular complexity index is 843. The van der Waals surface area contributed by atoms with E-state index in [-0.39, 0.29) is 12.3 Å². The molecule has 0 spiro atoms. The third-order valence-corrected chi connectivity index (χ3v) is 4.78. The predicted octanol–water partition coefficient (Wildman–Crippen LogP) is 2.10. The van der Waals surface area contributed by atoms with E-state index in [1.807, 2.05) is 64.1 Å². The molecule has 0 radical (unpaired) electrons. The maximum absolute atomic E-state index is 12.2. The number of benzene rings is 2. The highest BCUT2D eigenvalue weighted by molar-refractivity contribution is 6.43. The number of amides is 1. The minimum atomic E-state index is -1.37. The van der Waals surface area contributed by atoms with Gasteiger partial charge in [0.2, 0.25) is 0 Å². The zero-order valence-corrected chi connectivity index (χ0v) is 18.6. The first-order valence-corrected chi connectivity index (χ1v) is 10.3. The largest absolute Gasteiger partial charge is 0.480 e. The van der Waals surface area contributed by atoms with Crippen molar-refractivity contribution in [3.8, 4) is 0 Å². The second-order valence-electron chi connectivity index (χ2n) is 8.06. The molecule has 31 heavy (non-hydrogen) atoms. The molecule has 2 atom stereocenters. The van der Waals surface area contributed by atoms with Crippen LogP contribution in [-0.2, 0) is 11.2 Å². The van der Waals surface area contributed by atoms with Crippen LogP contribution in [0, 0.1) is 19.8 Å². The summed E-state index contributed by atoms with van der Waals surface area (Å²) in [5, 5.41) is 28.9. The number of nitrogens with one attached hydrogen (secondary N) is 1. The van der Waals surface area contributed by atoms with E-state index in [1.165, 1.54) is 0 Å². The van der Waals surface area contributed by atoms with Gasteiger partial charge in [0.15, 0.2) is 0 Å². The van der Waals surface area contributed by atoms with Gasteiger partial charge in [0.25, 0.3) is 5.91 Å². The molecule has 7 nitrogen and oxygen atoms in total. The van der Waals surface area contributed by atoms with E-state index in [1.54, 1.807) is 12.1 Å². The molecule has 1 amide bonds. The first kappa shape index (κ1) is 26.4. The molecule has 0 aliphatic heterocycles. The van der Waals surface area contributed by atoms with Gasteiger partial charge in [-0.25, -0.2) is 4.79 Å². The van der Waals surface area contributed by atoms with Gasteiger partial charge in [-0.1, -0.05) is 50.2 Å². The third-order valence-electron chi connectivity index (χ3n) is 4.78. The molecule has 8 heteroatoms. The fourth-order valence-electron chi connectivity index (χ4n) is 2.84. The summed E-state index contributed by atoms with van der Waals surface area (Å²) in [7, 11) is -1.37. The van der Waals surface area contributed by atoms with E-state index < -0.39 is 25.1 Å². The summed E-state index contributed by atoms with van der Waals surface area (Å²) in [6.45, 7) is 7.86. The molecule has 0 aromatic heterocycles. The summed E-state index contributed by atoms with van der Waals surface area (Å²) in [5.41, 5.74) is 8.76. The maximum Gasteiger partial charge on any atom is 0.469 e. The van der Waals surface area contributed by atoms with E-state index in [0.717, 1.165) is 16.7 Å². The molecule has 0 unspecified atom stereocenters. The molecule has 0 heterocycles. The Morgan fingerprint density at radius 3 is 2.10 bits per heavy atom. The van der Waals surface area contributed by atoms with Crippen molar-refractivity contribution in [1.82, 2.24) is 5.32 Å². The van der Waals surface area contributed by atoms with Gasteiger partial charge in [0.1, 0.15) is 6.04 Å². The molecule has 6 N–H and O–H groups in total. The molecule has 2 rings (SSSR count). The highest BCUT2D eigenvalue weighted by Crippen LogP contribution is 2.11. The van der Waals surface area contributed by atoms with Crippen molar-refractivity contribution in [2.45, 2.75) is 52.5 Å². The van der Waals surface area contributed by atoms with Gasteiger partial charge < -0.3 is 26.2 Å². The topological polar surface area (TPSA) is 133 Å². The Morgan fingerprint density at radius 1 is 1.03 bits per heavy atom. The number of carboxylic acid groups (broad SMARTS) is 1. The fourth-order valence-corrected chi connectivity index (χ4v) is 2.84. The number of nitrogens with two attached hydrogens (primary N) is 1. The zero-order chi connectivity index (χ0) is 23.6. The average molecular weight is 428 g/mol. The standard InChI is InChI=1S/C18H19NO3.C5H14BNO2/c1-12-8-9-15(10-13(12)2)17(20)19-16(18(21)22)11-14-6-4-3-5-7-14;1-4(2)3-5(7)6(8)9/h3-10,16H,11H2,1-2H3,(H,19,20)(H,21,22);4-5,8-9H,3,7H2,1-2H3/t16-;5-/m00/s1. The van der Waals surface area contributed by atoms with Gasteiger partial charge in [-0.3, -0.25) is 4.79 Å². The number of rotatable bonds is 8. The summed E-state index contributed by atoms with van der Waals surface area (Å²) in [6, 6.07) is 13.6. The minimum Gasteiger partial charge on any atom is -0.480 e. The van der Waals surface area contributed by atoms with Crippen LogP contribution in [0.15, 0.2) is 48.5 Å². The van der Waals surface area contributed by atoms with Crippen molar-refractivity contribution in [2.24, 2.45) is 11.7 Å². The molecule has 168 valence electrons. The lowest BCUT2D eigenvalue weighted by molar-refractivity contribution is -0.139. The molecule has 0 saturated carbocycles. The second kappa shape index (κ2) is 12.9. The Labute approximate surface area is 184 Å². The molecule has 0 aliphatic rings. The Kier molecular flexibility index (Phi) is 11.0.